The first-order chi connectivity index (χ1) is 16.3. The number of rotatable bonds is 7. The first kappa shape index (κ1) is 24.3. The fourth-order valence-corrected chi connectivity index (χ4v) is 6.39. The van der Waals surface area contributed by atoms with E-state index in [1.54, 1.807) is 19.1 Å². The van der Waals surface area contributed by atoms with Gasteiger partial charge in [-0.2, -0.15) is 4.31 Å². The lowest BCUT2D eigenvalue weighted by atomic mass is 10.1. The molecule has 11 heteroatoms. The van der Waals surface area contributed by atoms with E-state index in [9.17, 15) is 18.0 Å². The number of nitrogens with zero attached hydrogens (tertiary/aromatic N) is 2. The van der Waals surface area contributed by atoms with Gasteiger partial charge >= 0.3 is 5.97 Å². The predicted molar refractivity (Wildman–Crippen MR) is 131 cm³/mol. The van der Waals surface area contributed by atoms with Crippen LogP contribution in [-0.4, -0.2) is 48.8 Å². The molecule has 1 aliphatic heterocycles. The molecule has 2 aromatic carbocycles. The van der Waals surface area contributed by atoms with Crippen LogP contribution in [0, 0.1) is 0 Å². The maximum absolute atomic E-state index is 13.1. The quantitative estimate of drug-likeness (QED) is 0.463. The molecule has 0 spiro atoms. The molecule has 1 atom stereocenters. The van der Waals surface area contributed by atoms with Crippen molar-refractivity contribution >= 4 is 50.0 Å². The lowest BCUT2D eigenvalue weighted by Crippen LogP contribution is -2.43. The van der Waals surface area contributed by atoms with Crippen LogP contribution >= 0.6 is 22.9 Å². The number of thiazole rings is 1. The molecule has 1 N–H and O–H groups in total. The van der Waals surface area contributed by atoms with Crippen molar-refractivity contribution in [2.24, 2.45) is 0 Å². The molecule has 1 amide bonds. The minimum absolute atomic E-state index is 0.0711. The number of carbonyl (C=O) groups is 2. The molecule has 1 aromatic heterocycles. The summed E-state index contributed by atoms with van der Waals surface area (Å²) in [6.45, 7) is 2.14. The molecule has 0 aliphatic carbocycles. The number of anilines is 1. The third kappa shape index (κ3) is 5.00. The predicted octanol–water partition coefficient (Wildman–Crippen LogP) is 4.43. The summed E-state index contributed by atoms with van der Waals surface area (Å²) in [6, 6.07) is 14.0. The van der Waals surface area contributed by atoms with E-state index in [-0.39, 0.29) is 28.1 Å². The SMILES string of the molecule is CCOC(=O)c1sc(NC(=O)C2CCCN2S(=O)(=O)c2ccc(Cl)cc2)nc1-c1ccccc1. The summed E-state index contributed by atoms with van der Waals surface area (Å²) in [5.74, 6) is -1.04. The highest BCUT2D eigenvalue weighted by Crippen LogP contribution is 2.33. The maximum Gasteiger partial charge on any atom is 0.350 e. The average Bonchev–Trinajstić information content (AvgIpc) is 3.48. The van der Waals surface area contributed by atoms with Crippen molar-refractivity contribution in [2.45, 2.75) is 30.7 Å². The highest BCUT2D eigenvalue weighted by molar-refractivity contribution is 7.89. The smallest absolute Gasteiger partial charge is 0.350 e. The molecule has 0 saturated carbocycles. The van der Waals surface area contributed by atoms with E-state index in [4.69, 9.17) is 16.3 Å². The number of amides is 1. The lowest BCUT2D eigenvalue weighted by molar-refractivity contribution is -0.119. The van der Waals surface area contributed by atoms with Crippen LogP contribution in [0.2, 0.25) is 5.02 Å². The van der Waals surface area contributed by atoms with Crippen molar-refractivity contribution in [1.29, 1.82) is 0 Å². The number of halogens is 1. The summed E-state index contributed by atoms with van der Waals surface area (Å²) >= 11 is 6.88. The van der Waals surface area contributed by atoms with Crippen LogP contribution < -0.4 is 5.32 Å². The van der Waals surface area contributed by atoms with Crippen LogP contribution in [0.3, 0.4) is 0 Å². The largest absolute Gasteiger partial charge is 0.462 e. The van der Waals surface area contributed by atoms with Crippen LogP contribution in [0.15, 0.2) is 59.5 Å². The molecule has 1 aliphatic rings. The second-order valence-electron chi connectivity index (χ2n) is 7.50. The molecule has 34 heavy (non-hydrogen) atoms. The zero-order chi connectivity index (χ0) is 24.3. The fourth-order valence-electron chi connectivity index (χ4n) is 3.72. The topological polar surface area (TPSA) is 106 Å². The highest BCUT2D eigenvalue weighted by atomic mass is 35.5. The summed E-state index contributed by atoms with van der Waals surface area (Å²) in [4.78, 5) is 30.4. The number of ether oxygens (including phenoxy) is 1. The Morgan fingerprint density at radius 2 is 1.88 bits per heavy atom. The second kappa shape index (κ2) is 10.2. The first-order valence-corrected chi connectivity index (χ1v) is 13.3. The number of sulfonamides is 1. The van der Waals surface area contributed by atoms with Gasteiger partial charge in [-0.1, -0.05) is 53.3 Å². The third-order valence-corrected chi connectivity index (χ3v) is 8.42. The molecule has 8 nitrogen and oxygen atoms in total. The summed E-state index contributed by atoms with van der Waals surface area (Å²) in [5, 5.41) is 3.33. The van der Waals surface area contributed by atoms with Crippen LogP contribution in [-0.2, 0) is 19.6 Å². The minimum Gasteiger partial charge on any atom is -0.462 e. The molecule has 0 radical (unpaired) electrons. The van der Waals surface area contributed by atoms with Crippen molar-refractivity contribution in [3.05, 3.63) is 64.5 Å². The number of benzene rings is 2. The molecular formula is C23H22ClN3O5S2. The molecule has 178 valence electrons. The monoisotopic (exact) mass is 519 g/mol. The van der Waals surface area contributed by atoms with Gasteiger partial charge in [0.25, 0.3) is 0 Å². The summed E-state index contributed by atoms with van der Waals surface area (Å²) in [6.07, 6.45) is 0.923. The van der Waals surface area contributed by atoms with Crippen LogP contribution in [0.5, 0.6) is 0 Å². The Balaban J connectivity index is 1.59. The van der Waals surface area contributed by atoms with Gasteiger partial charge in [0.05, 0.1) is 17.2 Å². The molecule has 1 fully saturated rings. The zero-order valence-electron chi connectivity index (χ0n) is 18.2. The summed E-state index contributed by atoms with van der Waals surface area (Å²) < 4.78 is 32.6. The van der Waals surface area contributed by atoms with E-state index in [0.29, 0.717) is 29.1 Å². The highest BCUT2D eigenvalue weighted by Gasteiger charge is 2.40. The Bertz CT molecular complexity index is 1290. The Morgan fingerprint density at radius 1 is 1.18 bits per heavy atom. The maximum atomic E-state index is 13.1. The van der Waals surface area contributed by atoms with Crippen molar-refractivity contribution < 1.29 is 22.7 Å². The molecule has 2 heterocycles. The van der Waals surface area contributed by atoms with Gasteiger partial charge in [-0.15, -0.1) is 0 Å². The van der Waals surface area contributed by atoms with E-state index in [2.05, 4.69) is 10.3 Å². The van der Waals surface area contributed by atoms with Crippen molar-refractivity contribution in [3.8, 4) is 11.3 Å². The Hall–Kier alpha value is -2.79. The molecule has 4 rings (SSSR count). The van der Waals surface area contributed by atoms with E-state index in [0.717, 1.165) is 11.3 Å². The van der Waals surface area contributed by atoms with Gasteiger partial charge in [-0.05, 0) is 44.0 Å². The zero-order valence-corrected chi connectivity index (χ0v) is 20.6. The molecule has 1 unspecified atom stereocenters. The summed E-state index contributed by atoms with van der Waals surface area (Å²) in [5.41, 5.74) is 1.10. The fraction of sp³-hybridized carbons (Fsp3) is 0.261. The summed E-state index contributed by atoms with van der Waals surface area (Å²) in [7, 11) is -3.89. The van der Waals surface area contributed by atoms with Crippen molar-refractivity contribution in [1.82, 2.24) is 9.29 Å². The van der Waals surface area contributed by atoms with Crippen LogP contribution in [0.4, 0.5) is 5.13 Å². The van der Waals surface area contributed by atoms with E-state index >= 15 is 0 Å². The van der Waals surface area contributed by atoms with Gasteiger partial charge in [-0.25, -0.2) is 18.2 Å². The van der Waals surface area contributed by atoms with E-state index in [1.165, 1.54) is 28.6 Å². The molecule has 3 aromatic rings. The third-order valence-electron chi connectivity index (χ3n) is 5.29. The average molecular weight is 520 g/mol. The van der Waals surface area contributed by atoms with E-state index in [1.807, 2.05) is 18.2 Å². The number of hydrogen-bond donors (Lipinski definition) is 1. The normalized spacial score (nSPS) is 16.4. The lowest BCUT2D eigenvalue weighted by Gasteiger charge is -2.23. The number of nitrogens with one attached hydrogen (secondary N) is 1. The Kier molecular flexibility index (Phi) is 7.32. The van der Waals surface area contributed by atoms with Gasteiger partial charge in [0.15, 0.2) is 5.13 Å². The number of aromatic nitrogens is 1. The van der Waals surface area contributed by atoms with E-state index < -0.39 is 27.9 Å². The second-order valence-corrected chi connectivity index (χ2v) is 10.8. The van der Waals surface area contributed by atoms with Crippen molar-refractivity contribution in [2.75, 3.05) is 18.5 Å². The molecule has 1 saturated heterocycles. The Labute approximate surface area is 206 Å². The minimum atomic E-state index is -3.89. The van der Waals surface area contributed by atoms with Crippen LogP contribution in [0.1, 0.15) is 29.4 Å². The van der Waals surface area contributed by atoms with Crippen molar-refractivity contribution in [3.63, 3.8) is 0 Å². The Morgan fingerprint density at radius 3 is 2.56 bits per heavy atom. The first-order valence-electron chi connectivity index (χ1n) is 10.6. The number of carbonyl (C=O) groups excluding carboxylic acids is 2. The number of esters is 1. The van der Waals surface area contributed by atoms with Gasteiger partial charge in [-0.3, -0.25) is 4.79 Å². The van der Waals surface area contributed by atoms with Gasteiger partial charge < -0.3 is 10.1 Å². The van der Waals surface area contributed by atoms with Crippen LogP contribution in [0.25, 0.3) is 11.3 Å². The number of hydrogen-bond acceptors (Lipinski definition) is 7. The van der Waals surface area contributed by atoms with Gasteiger partial charge in [0.2, 0.25) is 15.9 Å². The standard InChI is InChI=1S/C23H22ClN3O5S2/c1-2-32-22(29)20-19(15-7-4-3-5-8-15)25-23(33-20)26-21(28)18-9-6-14-27(18)34(30,31)17-12-10-16(24)11-13-17/h3-5,7-8,10-13,18H,2,6,9,14H2,1H3,(H,25,26,28). The molecule has 0 bridgehead atoms. The van der Waals surface area contributed by atoms with Gasteiger partial charge in [0.1, 0.15) is 10.9 Å². The molecular weight excluding hydrogens is 498 g/mol. The van der Waals surface area contributed by atoms with Gasteiger partial charge in [0, 0.05) is 17.1 Å².